The zero-order valence-electron chi connectivity index (χ0n) is 14.4. The molecule has 0 atom stereocenters. The van der Waals surface area contributed by atoms with Gasteiger partial charge in [0, 0.05) is 13.1 Å². The highest BCUT2D eigenvalue weighted by Crippen LogP contribution is 2.24. The molecule has 1 fully saturated rings. The van der Waals surface area contributed by atoms with Crippen molar-refractivity contribution in [3.63, 3.8) is 0 Å². The Hall–Kier alpha value is -1.82. The molecule has 1 aliphatic heterocycles. The summed E-state index contributed by atoms with van der Waals surface area (Å²) in [5.74, 6) is 1.48. The maximum absolute atomic E-state index is 11.7. The molecule has 0 amide bonds. The van der Waals surface area contributed by atoms with Gasteiger partial charge in [-0.15, -0.1) is 0 Å². The number of nitrogens with zero attached hydrogens (tertiary/aromatic N) is 2. The van der Waals surface area contributed by atoms with Crippen LogP contribution in [0.3, 0.4) is 0 Å². The Bertz CT molecular complexity index is 508. The van der Waals surface area contributed by atoms with Crippen molar-refractivity contribution in [1.29, 1.82) is 0 Å². The summed E-state index contributed by atoms with van der Waals surface area (Å²) in [6.07, 6.45) is 3.75. The molecular weight excluding hydrogens is 296 g/mol. The van der Waals surface area contributed by atoms with Gasteiger partial charge in [0.25, 0.3) is 0 Å². The van der Waals surface area contributed by atoms with Gasteiger partial charge in [-0.05, 0) is 38.8 Å². The molecule has 6 heteroatoms. The Labute approximate surface area is 137 Å². The minimum Gasteiger partial charge on any atom is -0.495 e. The van der Waals surface area contributed by atoms with E-state index in [0.29, 0.717) is 6.61 Å². The third kappa shape index (κ3) is 4.58. The van der Waals surface area contributed by atoms with Crippen molar-refractivity contribution in [2.45, 2.75) is 32.8 Å². The molecule has 1 aliphatic rings. The van der Waals surface area contributed by atoms with Gasteiger partial charge >= 0.3 is 5.97 Å². The van der Waals surface area contributed by atoms with E-state index in [0.717, 1.165) is 37.5 Å². The van der Waals surface area contributed by atoms with Gasteiger partial charge in [0.1, 0.15) is 11.6 Å². The molecule has 1 aromatic heterocycles. The average Bonchev–Trinajstić information content (AvgIpc) is 2.60. The Morgan fingerprint density at radius 1 is 1.30 bits per heavy atom. The molecule has 0 aromatic carbocycles. The minimum absolute atomic E-state index is 0.174. The van der Waals surface area contributed by atoms with Crippen LogP contribution in [0.15, 0.2) is 18.3 Å². The van der Waals surface area contributed by atoms with E-state index >= 15 is 0 Å². The van der Waals surface area contributed by atoms with E-state index in [1.807, 2.05) is 26.0 Å². The Kier molecular flexibility index (Phi) is 5.82. The molecule has 23 heavy (non-hydrogen) atoms. The number of methoxy groups -OCH3 is 2. The van der Waals surface area contributed by atoms with Crippen LogP contribution in [0.5, 0.6) is 5.75 Å². The Morgan fingerprint density at radius 3 is 2.52 bits per heavy atom. The van der Waals surface area contributed by atoms with Gasteiger partial charge in [-0.2, -0.15) is 0 Å². The molecule has 0 spiro atoms. The van der Waals surface area contributed by atoms with Crippen LogP contribution in [-0.4, -0.2) is 51.0 Å². The number of carbonyl (C=O) groups excluding carboxylic acids is 1. The van der Waals surface area contributed by atoms with Crippen LogP contribution in [0.25, 0.3) is 0 Å². The summed E-state index contributed by atoms with van der Waals surface area (Å²) in [6.45, 7) is 5.85. The van der Waals surface area contributed by atoms with Gasteiger partial charge < -0.3 is 19.1 Å². The zero-order chi connectivity index (χ0) is 16.9. The summed E-state index contributed by atoms with van der Waals surface area (Å²) in [7, 11) is 3.04. The molecule has 2 rings (SSSR count). The molecule has 1 saturated heterocycles. The van der Waals surface area contributed by atoms with E-state index in [1.54, 1.807) is 13.3 Å². The second-order valence-electron chi connectivity index (χ2n) is 6.43. The van der Waals surface area contributed by atoms with E-state index in [1.165, 1.54) is 7.11 Å². The van der Waals surface area contributed by atoms with Crippen molar-refractivity contribution in [3.05, 3.63) is 18.3 Å². The maximum atomic E-state index is 11.7. The number of ether oxygens (including phenoxy) is 3. The van der Waals surface area contributed by atoms with Crippen LogP contribution in [0.2, 0.25) is 0 Å². The highest BCUT2D eigenvalue weighted by Gasteiger charge is 2.31. The normalized spacial score (nSPS) is 16.3. The molecule has 1 aromatic rings. The lowest BCUT2D eigenvalue weighted by molar-refractivity contribution is -0.155. The number of anilines is 1. The molecule has 0 unspecified atom stereocenters. The first-order valence-electron chi connectivity index (χ1n) is 7.91. The monoisotopic (exact) mass is 322 g/mol. The first kappa shape index (κ1) is 17.5. The molecule has 0 N–H and O–H groups in total. The average molecular weight is 322 g/mol. The molecule has 128 valence electrons. The number of esters is 1. The van der Waals surface area contributed by atoms with Gasteiger partial charge in [0.05, 0.1) is 38.5 Å². The highest BCUT2D eigenvalue weighted by molar-refractivity contribution is 5.75. The van der Waals surface area contributed by atoms with Crippen LogP contribution in [0.4, 0.5) is 5.82 Å². The molecule has 0 saturated carbocycles. The lowest BCUT2D eigenvalue weighted by atomic mass is 9.95. The van der Waals surface area contributed by atoms with Crippen molar-refractivity contribution in [1.82, 2.24) is 4.98 Å². The van der Waals surface area contributed by atoms with Crippen molar-refractivity contribution in [2.24, 2.45) is 5.41 Å². The SMILES string of the molecule is COC(=O)C(C)(C)COC1CCN(c2ccc(OC)cn2)CC1. The standard InChI is InChI=1S/C17H26N2O4/c1-17(2,16(20)22-4)12-23-13-7-9-19(10-8-13)15-6-5-14(21-3)11-18-15/h5-6,11,13H,7-10,12H2,1-4H3. The maximum Gasteiger partial charge on any atom is 0.313 e. The molecule has 0 radical (unpaired) electrons. The summed E-state index contributed by atoms with van der Waals surface area (Å²) >= 11 is 0. The molecule has 6 nitrogen and oxygen atoms in total. The van der Waals surface area contributed by atoms with E-state index in [-0.39, 0.29) is 12.1 Å². The number of hydrogen-bond donors (Lipinski definition) is 0. The Morgan fingerprint density at radius 2 is 2.00 bits per heavy atom. The van der Waals surface area contributed by atoms with Crippen LogP contribution in [0.1, 0.15) is 26.7 Å². The van der Waals surface area contributed by atoms with E-state index in [4.69, 9.17) is 14.2 Å². The topological polar surface area (TPSA) is 60.9 Å². The number of hydrogen-bond acceptors (Lipinski definition) is 6. The molecule has 2 heterocycles. The number of pyridine rings is 1. The fraction of sp³-hybridized carbons (Fsp3) is 0.647. The molecule has 0 aliphatic carbocycles. The van der Waals surface area contributed by atoms with Crippen molar-refractivity contribution in [3.8, 4) is 5.75 Å². The fourth-order valence-electron chi connectivity index (χ4n) is 2.59. The number of carbonyl (C=O) groups is 1. The third-order valence-electron chi connectivity index (χ3n) is 4.14. The van der Waals surface area contributed by atoms with E-state index < -0.39 is 5.41 Å². The number of rotatable bonds is 6. The molecular formula is C17H26N2O4. The van der Waals surface area contributed by atoms with Crippen LogP contribution >= 0.6 is 0 Å². The quantitative estimate of drug-likeness (QED) is 0.749. The summed E-state index contributed by atoms with van der Waals surface area (Å²) in [6, 6.07) is 3.89. The minimum atomic E-state index is -0.608. The lowest BCUT2D eigenvalue weighted by Crippen LogP contribution is -2.40. The van der Waals surface area contributed by atoms with Crippen molar-refractivity contribution in [2.75, 3.05) is 38.8 Å². The van der Waals surface area contributed by atoms with Crippen molar-refractivity contribution >= 4 is 11.8 Å². The van der Waals surface area contributed by atoms with Crippen LogP contribution in [-0.2, 0) is 14.3 Å². The molecule has 0 bridgehead atoms. The van der Waals surface area contributed by atoms with Gasteiger partial charge in [-0.3, -0.25) is 4.79 Å². The third-order valence-corrected chi connectivity index (χ3v) is 4.14. The van der Waals surface area contributed by atoms with Gasteiger partial charge in [0.2, 0.25) is 0 Å². The first-order valence-corrected chi connectivity index (χ1v) is 7.91. The van der Waals surface area contributed by atoms with Gasteiger partial charge in [-0.1, -0.05) is 0 Å². The predicted molar refractivity (Wildman–Crippen MR) is 87.8 cm³/mol. The summed E-state index contributed by atoms with van der Waals surface area (Å²) in [4.78, 5) is 18.3. The lowest BCUT2D eigenvalue weighted by Gasteiger charge is -2.34. The largest absolute Gasteiger partial charge is 0.495 e. The summed E-state index contributed by atoms with van der Waals surface area (Å²) < 4.78 is 15.9. The van der Waals surface area contributed by atoms with Crippen molar-refractivity contribution < 1.29 is 19.0 Å². The first-order chi connectivity index (χ1) is 11.0. The van der Waals surface area contributed by atoms with E-state index in [9.17, 15) is 4.79 Å². The highest BCUT2D eigenvalue weighted by atomic mass is 16.5. The second kappa shape index (κ2) is 7.64. The van der Waals surface area contributed by atoms with Crippen LogP contribution in [0, 0.1) is 5.41 Å². The smallest absolute Gasteiger partial charge is 0.313 e. The zero-order valence-corrected chi connectivity index (χ0v) is 14.4. The van der Waals surface area contributed by atoms with Gasteiger partial charge in [0.15, 0.2) is 0 Å². The van der Waals surface area contributed by atoms with Gasteiger partial charge in [-0.25, -0.2) is 4.98 Å². The summed E-state index contributed by atoms with van der Waals surface area (Å²) in [5.41, 5.74) is -0.608. The number of aromatic nitrogens is 1. The number of piperidine rings is 1. The Balaban J connectivity index is 1.80. The predicted octanol–water partition coefficient (Wildman–Crippen LogP) is 2.27. The van der Waals surface area contributed by atoms with Crippen LogP contribution < -0.4 is 9.64 Å². The van der Waals surface area contributed by atoms with E-state index in [2.05, 4.69) is 9.88 Å². The second-order valence-corrected chi connectivity index (χ2v) is 6.43. The summed E-state index contributed by atoms with van der Waals surface area (Å²) in [5, 5.41) is 0. The fourth-order valence-corrected chi connectivity index (χ4v) is 2.59.